The molecule has 0 N–H and O–H groups in total. The Morgan fingerprint density at radius 1 is 0.818 bits per heavy atom. The van der Waals surface area contributed by atoms with Gasteiger partial charge in [-0.05, 0) is 74.9 Å². The van der Waals surface area contributed by atoms with Crippen molar-refractivity contribution < 1.29 is 13.2 Å². The lowest BCUT2D eigenvalue weighted by atomic mass is 9.96. The number of aryl methyl sites for hydroxylation is 2. The van der Waals surface area contributed by atoms with Crippen LogP contribution in [0.5, 0.6) is 0 Å². The van der Waals surface area contributed by atoms with E-state index in [1.54, 1.807) is 4.31 Å². The van der Waals surface area contributed by atoms with Crippen molar-refractivity contribution >= 4 is 21.6 Å². The molecule has 0 aliphatic carbocycles. The minimum absolute atomic E-state index is 0.0961. The molecule has 2 aromatic carbocycles. The molecule has 2 fully saturated rings. The zero-order valence-corrected chi connectivity index (χ0v) is 21.0. The second kappa shape index (κ2) is 9.47. The Balaban J connectivity index is 1.38. The number of carbonyl (C=O) groups is 1. The summed E-state index contributed by atoms with van der Waals surface area (Å²) in [5.41, 5.74) is 4.84. The third-order valence-electron chi connectivity index (χ3n) is 7.41. The van der Waals surface area contributed by atoms with E-state index >= 15 is 0 Å². The summed E-state index contributed by atoms with van der Waals surface area (Å²) in [4.78, 5) is 17.9. The summed E-state index contributed by atoms with van der Waals surface area (Å²) in [5.74, 6) is 0.0830. The number of anilines is 1. The van der Waals surface area contributed by atoms with Gasteiger partial charge in [0, 0.05) is 50.9 Å². The highest BCUT2D eigenvalue weighted by Gasteiger charge is 2.36. The van der Waals surface area contributed by atoms with E-state index in [1.807, 2.05) is 56.9 Å². The standard InChI is InChI=1S/C26H35N3O3S/c1-19-18-20(2)22(4)25(21(19)3)33(31,32)29-12-10-23(11-13-29)26(30)28-16-14-27(15-17-28)24-8-6-5-7-9-24/h5-9,18,23H,10-17H2,1-4H3. The van der Waals surface area contributed by atoms with Gasteiger partial charge in [-0.2, -0.15) is 4.31 Å². The van der Waals surface area contributed by atoms with Gasteiger partial charge in [0.2, 0.25) is 15.9 Å². The minimum Gasteiger partial charge on any atom is -0.368 e. The highest BCUT2D eigenvalue weighted by atomic mass is 32.2. The Labute approximate surface area is 198 Å². The van der Waals surface area contributed by atoms with Gasteiger partial charge in [0.05, 0.1) is 4.90 Å². The molecule has 2 aliphatic heterocycles. The van der Waals surface area contributed by atoms with Crippen LogP contribution in [0, 0.1) is 33.6 Å². The number of amides is 1. The Morgan fingerprint density at radius 2 is 1.36 bits per heavy atom. The summed E-state index contributed by atoms with van der Waals surface area (Å²) < 4.78 is 28.6. The summed E-state index contributed by atoms with van der Waals surface area (Å²) in [5, 5.41) is 0. The smallest absolute Gasteiger partial charge is 0.243 e. The van der Waals surface area contributed by atoms with Crippen LogP contribution in [-0.4, -0.2) is 62.8 Å². The van der Waals surface area contributed by atoms with Crippen molar-refractivity contribution in [3.05, 3.63) is 58.7 Å². The highest BCUT2D eigenvalue weighted by molar-refractivity contribution is 7.89. The van der Waals surface area contributed by atoms with Crippen LogP contribution in [0.2, 0.25) is 0 Å². The van der Waals surface area contributed by atoms with Gasteiger partial charge < -0.3 is 9.80 Å². The van der Waals surface area contributed by atoms with Crippen LogP contribution < -0.4 is 4.90 Å². The van der Waals surface area contributed by atoms with Crippen molar-refractivity contribution in [3.8, 4) is 0 Å². The van der Waals surface area contributed by atoms with E-state index in [1.165, 1.54) is 5.69 Å². The highest BCUT2D eigenvalue weighted by Crippen LogP contribution is 2.31. The predicted molar refractivity (Wildman–Crippen MR) is 132 cm³/mol. The summed E-state index contributed by atoms with van der Waals surface area (Å²) in [6.45, 7) is 11.6. The second-order valence-corrected chi connectivity index (χ2v) is 11.3. The Bertz CT molecular complexity index is 1090. The number of hydrogen-bond donors (Lipinski definition) is 0. The molecule has 7 heteroatoms. The molecular formula is C26H35N3O3S. The van der Waals surface area contributed by atoms with Crippen LogP contribution in [0.3, 0.4) is 0 Å². The van der Waals surface area contributed by atoms with Gasteiger partial charge in [0.1, 0.15) is 0 Å². The number of para-hydroxylation sites is 1. The first-order valence-corrected chi connectivity index (χ1v) is 13.3. The maximum Gasteiger partial charge on any atom is 0.243 e. The Kier molecular flexibility index (Phi) is 6.82. The van der Waals surface area contributed by atoms with E-state index in [-0.39, 0.29) is 11.8 Å². The Morgan fingerprint density at radius 3 is 1.91 bits per heavy atom. The van der Waals surface area contributed by atoms with Gasteiger partial charge in [-0.15, -0.1) is 0 Å². The van der Waals surface area contributed by atoms with Crippen molar-refractivity contribution in [2.75, 3.05) is 44.2 Å². The summed E-state index contributed by atoms with van der Waals surface area (Å²) in [6.07, 6.45) is 1.17. The molecule has 2 saturated heterocycles. The first-order chi connectivity index (χ1) is 15.7. The first kappa shape index (κ1) is 23.8. The third-order valence-corrected chi connectivity index (χ3v) is 9.58. The molecule has 1 amide bonds. The van der Waals surface area contributed by atoms with Crippen LogP contribution in [-0.2, 0) is 14.8 Å². The summed E-state index contributed by atoms with van der Waals surface area (Å²) in [7, 11) is -3.58. The topological polar surface area (TPSA) is 60.9 Å². The van der Waals surface area contributed by atoms with Crippen LogP contribution >= 0.6 is 0 Å². The van der Waals surface area contributed by atoms with Gasteiger partial charge in [-0.3, -0.25) is 4.79 Å². The van der Waals surface area contributed by atoms with E-state index in [0.717, 1.165) is 35.3 Å². The zero-order valence-electron chi connectivity index (χ0n) is 20.2. The fourth-order valence-electron chi connectivity index (χ4n) is 5.12. The lowest BCUT2D eigenvalue weighted by molar-refractivity contribution is -0.137. The SMILES string of the molecule is Cc1cc(C)c(C)c(S(=O)(=O)N2CCC(C(=O)N3CCN(c4ccccc4)CC3)CC2)c1C. The fourth-order valence-corrected chi connectivity index (χ4v) is 7.17. The molecule has 4 rings (SSSR count). The molecule has 2 heterocycles. The molecule has 6 nitrogen and oxygen atoms in total. The number of rotatable bonds is 4. The van der Waals surface area contributed by atoms with Crippen molar-refractivity contribution in [3.63, 3.8) is 0 Å². The van der Waals surface area contributed by atoms with Gasteiger partial charge in [-0.25, -0.2) is 8.42 Å². The number of nitrogens with zero attached hydrogens (tertiary/aromatic N) is 3. The van der Waals surface area contributed by atoms with Crippen molar-refractivity contribution in [1.29, 1.82) is 0 Å². The predicted octanol–water partition coefficient (Wildman–Crippen LogP) is 3.67. The van der Waals surface area contributed by atoms with Gasteiger partial charge in [0.25, 0.3) is 0 Å². The molecule has 0 spiro atoms. The number of hydrogen-bond acceptors (Lipinski definition) is 4. The van der Waals surface area contributed by atoms with E-state index in [4.69, 9.17) is 0 Å². The lowest BCUT2D eigenvalue weighted by Gasteiger charge is -2.39. The number of piperidine rings is 1. The zero-order chi connectivity index (χ0) is 23.8. The average Bonchev–Trinajstić information content (AvgIpc) is 2.83. The summed E-state index contributed by atoms with van der Waals surface area (Å²) in [6, 6.07) is 12.3. The fraction of sp³-hybridized carbons (Fsp3) is 0.500. The molecule has 0 atom stereocenters. The molecule has 0 saturated carbocycles. The monoisotopic (exact) mass is 469 g/mol. The summed E-state index contributed by atoms with van der Waals surface area (Å²) >= 11 is 0. The van der Waals surface area contributed by atoms with Crippen LogP contribution in [0.15, 0.2) is 41.3 Å². The second-order valence-electron chi connectivity index (χ2n) is 9.42. The van der Waals surface area contributed by atoms with Crippen molar-refractivity contribution in [2.45, 2.75) is 45.4 Å². The van der Waals surface area contributed by atoms with Gasteiger partial charge in [0.15, 0.2) is 0 Å². The molecular weight excluding hydrogens is 434 g/mol. The Hall–Kier alpha value is -2.38. The van der Waals surface area contributed by atoms with E-state index in [9.17, 15) is 13.2 Å². The van der Waals surface area contributed by atoms with E-state index < -0.39 is 10.0 Å². The quantitative estimate of drug-likeness (QED) is 0.686. The number of sulfonamides is 1. The minimum atomic E-state index is -3.58. The molecule has 0 bridgehead atoms. The maximum absolute atomic E-state index is 13.5. The molecule has 2 aromatic rings. The number of benzene rings is 2. The van der Waals surface area contributed by atoms with Gasteiger partial charge in [-0.1, -0.05) is 24.3 Å². The molecule has 2 aliphatic rings. The van der Waals surface area contributed by atoms with Crippen LogP contribution in [0.1, 0.15) is 35.1 Å². The van der Waals surface area contributed by atoms with Crippen LogP contribution in [0.4, 0.5) is 5.69 Å². The van der Waals surface area contributed by atoms with E-state index in [2.05, 4.69) is 17.0 Å². The largest absolute Gasteiger partial charge is 0.368 e. The molecule has 0 unspecified atom stereocenters. The van der Waals surface area contributed by atoms with E-state index in [0.29, 0.717) is 43.9 Å². The van der Waals surface area contributed by atoms with Gasteiger partial charge >= 0.3 is 0 Å². The molecule has 0 radical (unpaired) electrons. The normalized spacial score (nSPS) is 18.5. The van der Waals surface area contributed by atoms with Crippen LogP contribution in [0.25, 0.3) is 0 Å². The molecule has 0 aromatic heterocycles. The van der Waals surface area contributed by atoms with Crippen molar-refractivity contribution in [1.82, 2.24) is 9.21 Å². The molecule has 33 heavy (non-hydrogen) atoms. The average molecular weight is 470 g/mol. The molecule has 178 valence electrons. The maximum atomic E-state index is 13.5. The number of carbonyl (C=O) groups excluding carboxylic acids is 1. The number of piperazine rings is 1. The first-order valence-electron chi connectivity index (χ1n) is 11.9. The third kappa shape index (κ3) is 4.66. The van der Waals surface area contributed by atoms with Crippen molar-refractivity contribution in [2.24, 2.45) is 5.92 Å². The lowest BCUT2D eigenvalue weighted by Crippen LogP contribution is -2.52.